The van der Waals surface area contributed by atoms with Gasteiger partial charge < -0.3 is 0 Å². The Morgan fingerprint density at radius 3 is 2.80 bits per heavy atom. The van der Waals surface area contributed by atoms with E-state index >= 15 is 0 Å². The van der Waals surface area contributed by atoms with Crippen LogP contribution in [0.25, 0.3) is 11.3 Å². The van der Waals surface area contributed by atoms with E-state index in [0.29, 0.717) is 5.56 Å². The van der Waals surface area contributed by atoms with Gasteiger partial charge in [0.05, 0.1) is 11.2 Å². The summed E-state index contributed by atoms with van der Waals surface area (Å²) in [4.78, 5) is 3.65. The summed E-state index contributed by atoms with van der Waals surface area (Å²) < 4.78 is 26.0. The molecule has 0 saturated carbocycles. The van der Waals surface area contributed by atoms with E-state index in [1.807, 2.05) is 0 Å². The number of nitrogens with zero attached hydrogens (tertiary/aromatic N) is 1. The van der Waals surface area contributed by atoms with Crippen LogP contribution < -0.4 is 0 Å². The summed E-state index contributed by atoms with van der Waals surface area (Å²) in [5.74, 6) is -1.45. The fourth-order valence-electron chi connectivity index (χ4n) is 1.21. The molecule has 1 radical (unpaired) electrons. The first-order valence-corrected chi connectivity index (χ1v) is 4.54. The first-order chi connectivity index (χ1) is 7.18. The third-order valence-electron chi connectivity index (χ3n) is 1.87. The van der Waals surface area contributed by atoms with Crippen molar-refractivity contribution in [2.24, 2.45) is 0 Å². The molecule has 0 fully saturated rings. The Kier molecular flexibility index (Phi) is 2.64. The van der Waals surface area contributed by atoms with Crippen LogP contribution in [-0.4, -0.2) is 4.98 Å². The fourth-order valence-corrected chi connectivity index (χ4v) is 1.43. The number of benzene rings is 1. The summed E-state index contributed by atoms with van der Waals surface area (Å²) in [5, 5.41) is 0.260. The first-order valence-electron chi connectivity index (χ1n) is 4.16. The smallest absolute Gasteiger partial charge is 0.152 e. The Morgan fingerprint density at radius 1 is 1.33 bits per heavy atom. The van der Waals surface area contributed by atoms with Gasteiger partial charge in [0.15, 0.2) is 5.82 Å². The highest BCUT2D eigenvalue weighted by atomic mass is 35.5. The average Bonchev–Trinajstić information content (AvgIpc) is 2.20. The van der Waals surface area contributed by atoms with Crippen LogP contribution in [0, 0.1) is 17.7 Å². The number of rotatable bonds is 1. The van der Waals surface area contributed by atoms with E-state index in [1.165, 1.54) is 0 Å². The van der Waals surface area contributed by atoms with Gasteiger partial charge in [-0.15, -0.1) is 0 Å². The van der Waals surface area contributed by atoms with Gasteiger partial charge >= 0.3 is 0 Å². The van der Waals surface area contributed by atoms with Gasteiger partial charge in [-0.1, -0.05) is 29.8 Å². The lowest BCUT2D eigenvalue weighted by Gasteiger charge is -2.03. The van der Waals surface area contributed by atoms with Crippen LogP contribution in [0.4, 0.5) is 8.78 Å². The standard InChI is InChI=1S/C11H5ClF2N/c12-9-4-2-1-3-8(9)11-10(14)5-7(13)6-15-11/h1-3,5-6H. The highest BCUT2D eigenvalue weighted by molar-refractivity contribution is 6.33. The maximum atomic E-state index is 13.3. The van der Waals surface area contributed by atoms with E-state index in [-0.39, 0.29) is 10.7 Å². The van der Waals surface area contributed by atoms with Crippen molar-refractivity contribution in [3.63, 3.8) is 0 Å². The van der Waals surface area contributed by atoms with E-state index in [2.05, 4.69) is 11.1 Å². The molecule has 0 spiro atoms. The molecule has 1 aromatic heterocycles. The average molecular weight is 225 g/mol. The minimum absolute atomic E-state index is 0.0262. The third-order valence-corrected chi connectivity index (χ3v) is 2.18. The van der Waals surface area contributed by atoms with Crippen molar-refractivity contribution in [3.05, 3.63) is 53.2 Å². The second kappa shape index (κ2) is 3.95. The Balaban J connectivity index is 2.60. The molecule has 75 valence electrons. The Labute approximate surface area is 90.3 Å². The lowest BCUT2D eigenvalue weighted by molar-refractivity contribution is 0.576. The van der Waals surface area contributed by atoms with Gasteiger partial charge in [-0.3, -0.25) is 4.98 Å². The molecule has 0 unspecified atom stereocenters. The van der Waals surface area contributed by atoms with Crippen LogP contribution in [0.1, 0.15) is 0 Å². The molecule has 2 rings (SSSR count). The summed E-state index contributed by atoms with van der Waals surface area (Å²) in [7, 11) is 0. The van der Waals surface area contributed by atoms with Gasteiger partial charge in [0.25, 0.3) is 0 Å². The van der Waals surface area contributed by atoms with Crippen molar-refractivity contribution in [2.45, 2.75) is 0 Å². The molecule has 2 aromatic rings. The second-order valence-corrected chi connectivity index (χ2v) is 3.26. The van der Waals surface area contributed by atoms with Crippen LogP contribution in [0.5, 0.6) is 0 Å². The Hall–Kier alpha value is -1.48. The quantitative estimate of drug-likeness (QED) is 0.723. The van der Waals surface area contributed by atoms with Crippen molar-refractivity contribution in [1.82, 2.24) is 4.98 Å². The number of hydrogen-bond donors (Lipinski definition) is 0. The van der Waals surface area contributed by atoms with Gasteiger partial charge in [0, 0.05) is 17.7 Å². The van der Waals surface area contributed by atoms with Crippen LogP contribution in [0.15, 0.2) is 30.5 Å². The Bertz CT molecular complexity index is 500. The van der Waals surface area contributed by atoms with Crippen LogP contribution in [0.3, 0.4) is 0 Å². The van der Waals surface area contributed by atoms with E-state index in [4.69, 9.17) is 11.6 Å². The van der Waals surface area contributed by atoms with Gasteiger partial charge in [0.2, 0.25) is 0 Å². The summed E-state index contributed by atoms with van der Waals surface area (Å²) in [5.41, 5.74) is 0.426. The number of hydrogen-bond acceptors (Lipinski definition) is 1. The third kappa shape index (κ3) is 1.97. The van der Waals surface area contributed by atoms with E-state index in [1.54, 1.807) is 18.2 Å². The van der Waals surface area contributed by atoms with Crippen molar-refractivity contribution < 1.29 is 8.78 Å². The zero-order valence-corrected chi connectivity index (χ0v) is 8.22. The maximum absolute atomic E-state index is 13.3. The largest absolute Gasteiger partial charge is 0.250 e. The highest BCUT2D eigenvalue weighted by Gasteiger charge is 2.10. The minimum atomic E-state index is -0.739. The molecule has 1 aromatic carbocycles. The molecule has 0 aliphatic heterocycles. The molecule has 15 heavy (non-hydrogen) atoms. The van der Waals surface area contributed by atoms with Crippen LogP contribution >= 0.6 is 11.6 Å². The molecule has 1 nitrogen and oxygen atoms in total. The second-order valence-electron chi connectivity index (χ2n) is 2.88. The number of pyridine rings is 1. The topological polar surface area (TPSA) is 12.9 Å². The number of aromatic nitrogens is 1. The molecule has 1 heterocycles. The fraction of sp³-hybridized carbons (Fsp3) is 0. The molecule has 0 bridgehead atoms. The van der Waals surface area contributed by atoms with E-state index < -0.39 is 11.6 Å². The van der Waals surface area contributed by atoms with E-state index in [0.717, 1.165) is 12.3 Å². The van der Waals surface area contributed by atoms with Crippen molar-refractivity contribution >= 4 is 11.6 Å². The zero-order valence-electron chi connectivity index (χ0n) is 7.47. The maximum Gasteiger partial charge on any atom is 0.152 e. The van der Waals surface area contributed by atoms with Gasteiger partial charge in [-0.2, -0.15) is 0 Å². The van der Waals surface area contributed by atoms with Gasteiger partial charge in [0.1, 0.15) is 11.5 Å². The SMILES string of the molecule is Fc1cnc(-c2ccc[c]c2Cl)c(F)c1. The minimum Gasteiger partial charge on any atom is -0.250 e. The molecule has 0 saturated heterocycles. The lowest BCUT2D eigenvalue weighted by atomic mass is 10.1. The molecule has 0 amide bonds. The molecular weight excluding hydrogens is 220 g/mol. The predicted octanol–water partition coefficient (Wildman–Crippen LogP) is 3.48. The molecule has 0 atom stereocenters. The monoisotopic (exact) mass is 224 g/mol. The summed E-state index contributed by atoms with van der Waals surface area (Å²) in [6.45, 7) is 0. The Morgan fingerprint density at radius 2 is 2.13 bits per heavy atom. The highest BCUT2D eigenvalue weighted by Crippen LogP contribution is 2.27. The molecule has 0 aliphatic rings. The summed E-state index contributed by atoms with van der Waals surface area (Å²) in [6.07, 6.45) is 0.946. The van der Waals surface area contributed by atoms with Crippen LogP contribution in [-0.2, 0) is 0 Å². The summed E-state index contributed by atoms with van der Waals surface area (Å²) in [6, 6.07) is 8.34. The zero-order chi connectivity index (χ0) is 10.8. The number of halogens is 3. The molecule has 0 aliphatic carbocycles. The van der Waals surface area contributed by atoms with Gasteiger partial charge in [-0.05, 0) is 0 Å². The first kappa shape index (κ1) is 10.1. The van der Waals surface area contributed by atoms with Crippen molar-refractivity contribution in [3.8, 4) is 11.3 Å². The lowest BCUT2D eigenvalue weighted by Crippen LogP contribution is -1.91. The molecule has 0 N–H and O–H groups in total. The predicted molar refractivity (Wildman–Crippen MR) is 53.4 cm³/mol. The van der Waals surface area contributed by atoms with E-state index in [9.17, 15) is 8.78 Å². The molecule has 4 heteroatoms. The molecular formula is C11H5ClF2N. The van der Waals surface area contributed by atoms with Gasteiger partial charge in [-0.25, -0.2) is 8.78 Å². The van der Waals surface area contributed by atoms with Crippen molar-refractivity contribution in [1.29, 1.82) is 0 Å². The van der Waals surface area contributed by atoms with Crippen molar-refractivity contribution in [2.75, 3.05) is 0 Å². The van der Waals surface area contributed by atoms with Crippen LogP contribution in [0.2, 0.25) is 5.02 Å². The summed E-state index contributed by atoms with van der Waals surface area (Å²) >= 11 is 5.81. The normalized spacial score (nSPS) is 10.3.